The maximum atomic E-state index is 12.1. The summed E-state index contributed by atoms with van der Waals surface area (Å²) in [5.41, 5.74) is -0.477. The van der Waals surface area contributed by atoms with Crippen molar-refractivity contribution >= 4 is 12.1 Å². The van der Waals surface area contributed by atoms with Crippen LogP contribution in [-0.4, -0.2) is 64.3 Å². The lowest BCUT2D eigenvalue weighted by atomic mass is 9.95. The second-order valence-corrected chi connectivity index (χ2v) is 7.29. The Morgan fingerprint density at radius 3 is 2.23 bits per heavy atom. The Bertz CT molecular complexity index is 411. The zero-order valence-corrected chi connectivity index (χ0v) is 13.9. The Morgan fingerprint density at radius 2 is 1.68 bits per heavy atom. The Labute approximate surface area is 132 Å². The average molecular weight is 312 g/mol. The minimum Gasteiger partial charge on any atom is -0.480 e. The number of ether oxygens (including phenoxy) is 1. The van der Waals surface area contributed by atoms with Gasteiger partial charge in [-0.3, -0.25) is 9.69 Å². The van der Waals surface area contributed by atoms with Crippen LogP contribution in [-0.2, 0) is 9.53 Å². The Kier molecular flexibility index (Phi) is 5.32. The maximum Gasteiger partial charge on any atom is 0.410 e. The highest BCUT2D eigenvalue weighted by molar-refractivity contribution is 5.73. The molecule has 0 saturated carbocycles. The van der Waals surface area contributed by atoms with Gasteiger partial charge in [-0.25, -0.2) is 4.79 Å². The number of amides is 1. The number of aliphatic carboxylic acids is 1. The Hall–Kier alpha value is -1.30. The second kappa shape index (κ2) is 6.86. The van der Waals surface area contributed by atoms with Crippen LogP contribution in [0.1, 0.15) is 52.9 Å². The van der Waals surface area contributed by atoms with Crippen molar-refractivity contribution < 1.29 is 19.4 Å². The minimum absolute atomic E-state index is 0.264. The van der Waals surface area contributed by atoms with Gasteiger partial charge >= 0.3 is 12.1 Å². The molecular formula is C16H28N2O4. The van der Waals surface area contributed by atoms with Gasteiger partial charge in [0.05, 0.1) is 0 Å². The molecule has 2 rings (SSSR count). The standard InChI is InChI=1S/C16H28N2O4/c1-16(2,3)22-15(21)17-10-7-12(8-11-17)18-9-5-4-6-13(18)14(19)20/h12-13H,4-11H2,1-3H3,(H,19,20)/t13-/m0/s1. The number of rotatable bonds is 2. The van der Waals surface area contributed by atoms with Crippen molar-refractivity contribution in [2.24, 2.45) is 0 Å². The van der Waals surface area contributed by atoms with Gasteiger partial charge < -0.3 is 14.7 Å². The molecule has 0 radical (unpaired) electrons. The molecular weight excluding hydrogens is 284 g/mol. The fourth-order valence-corrected chi connectivity index (χ4v) is 3.36. The van der Waals surface area contributed by atoms with E-state index in [0.717, 1.165) is 38.6 Å². The van der Waals surface area contributed by atoms with Gasteiger partial charge in [0.15, 0.2) is 0 Å². The van der Waals surface area contributed by atoms with Crippen molar-refractivity contribution in [3.63, 3.8) is 0 Å². The molecule has 2 aliphatic rings. The SMILES string of the molecule is CC(C)(C)OC(=O)N1CCC(N2CCCC[C@H]2C(=O)O)CC1. The molecule has 2 aliphatic heterocycles. The van der Waals surface area contributed by atoms with Crippen LogP contribution in [0.15, 0.2) is 0 Å². The maximum absolute atomic E-state index is 12.1. The molecule has 0 aliphatic carbocycles. The summed E-state index contributed by atoms with van der Waals surface area (Å²) in [6, 6.07) is -0.0908. The molecule has 0 unspecified atom stereocenters. The van der Waals surface area contributed by atoms with Crippen LogP contribution >= 0.6 is 0 Å². The van der Waals surface area contributed by atoms with E-state index in [1.807, 2.05) is 20.8 Å². The molecule has 0 bridgehead atoms. The summed E-state index contributed by atoms with van der Waals surface area (Å²) in [6.45, 7) is 7.73. The molecule has 0 spiro atoms. The molecule has 1 amide bonds. The van der Waals surface area contributed by atoms with Crippen molar-refractivity contribution in [3.8, 4) is 0 Å². The molecule has 126 valence electrons. The molecule has 0 aromatic heterocycles. The highest BCUT2D eigenvalue weighted by Crippen LogP contribution is 2.26. The van der Waals surface area contributed by atoms with Crippen LogP contribution in [0.2, 0.25) is 0 Å². The molecule has 1 N–H and O–H groups in total. The zero-order valence-electron chi connectivity index (χ0n) is 13.9. The quantitative estimate of drug-likeness (QED) is 0.847. The number of carbonyl (C=O) groups excluding carboxylic acids is 1. The lowest BCUT2D eigenvalue weighted by molar-refractivity contribution is -0.146. The molecule has 1 atom stereocenters. The van der Waals surface area contributed by atoms with E-state index >= 15 is 0 Å². The molecule has 6 heteroatoms. The Morgan fingerprint density at radius 1 is 1.05 bits per heavy atom. The first-order chi connectivity index (χ1) is 10.3. The summed E-state index contributed by atoms with van der Waals surface area (Å²) in [6.07, 6.45) is 4.17. The fraction of sp³-hybridized carbons (Fsp3) is 0.875. The van der Waals surface area contributed by atoms with E-state index in [-0.39, 0.29) is 18.2 Å². The number of carboxylic acid groups (broad SMARTS) is 1. The van der Waals surface area contributed by atoms with Crippen LogP contribution in [0.4, 0.5) is 4.79 Å². The van der Waals surface area contributed by atoms with E-state index in [4.69, 9.17) is 4.74 Å². The first kappa shape index (κ1) is 17.1. The van der Waals surface area contributed by atoms with Gasteiger partial charge in [0.1, 0.15) is 11.6 Å². The molecule has 0 aromatic carbocycles. The van der Waals surface area contributed by atoms with Crippen LogP contribution in [0.3, 0.4) is 0 Å². The van der Waals surface area contributed by atoms with Gasteiger partial charge in [0.2, 0.25) is 0 Å². The summed E-state index contributed by atoms with van der Waals surface area (Å²) in [7, 11) is 0. The van der Waals surface area contributed by atoms with Gasteiger partial charge in [-0.05, 0) is 53.0 Å². The fourth-order valence-electron chi connectivity index (χ4n) is 3.36. The third-order valence-electron chi connectivity index (χ3n) is 4.41. The van der Waals surface area contributed by atoms with Crippen molar-refractivity contribution in [2.45, 2.75) is 70.6 Å². The normalized spacial score (nSPS) is 25.0. The number of likely N-dealkylation sites (tertiary alicyclic amines) is 2. The van der Waals surface area contributed by atoms with Gasteiger partial charge in [0, 0.05) is 19.1 Å². The first-order valence-corrected chi connectivity index (χ1v) is 8.24. The van der Waals surface area contributed by atoms with Crippen molar-refractivity contribution in [1.82, 2.24) is 9.80 Å². The molecule has 2 heterocycles. The second-order valence-electron chi connectivity index (χ2n) is 7.29. The zero-order chi connectivity index (χ0) is 16.3. The number of piperidine rings is 2. The van der Waals surface area contributed by atoms with Gasteiger partial charge in [-0.15, -0.1) is 0 Å². The summed E-state index contributed by atoms with van der Waals surface area (Å²) in [5.74, 6) is -0.714. The van der Waals surface area contributed by atoms with Crippen LogP contribution < -0.4 is 0 Å². The lowest BCUT2D eigenvalue weighted by Gasteiger charge is -2.43. The summed E-state index contributed by atoms with van der Waals surface area (Å²) >= 11 is 0. The number of hydrogen-bond donors (Lipinski definition) is 1. The molecule has 0 aromatic rings. The molecule has 22 heavy (non-hydrogen) atoms. The third kappa shape index (κ3) is 4.35. The van der Waals surface area contributed by atoms with Crippen LogP contribution in [0.25, 0.3) is 0 Å². The van der Waals surface area contributed by atoms with Crippen molar-refractivity contribution in [1.29, 1.82) is 0 Å². The predicted octanol–water partition coefficient (Wildman–Crippen LogP) is 2.33. The summed E-state index contributed by atoms with van der Waals surface area (Å²) < 4.78 is 5.40. The van der Waals surface area contributed by atoms with Gasteiger partial charge in [-0.2, -0.15) is 0 Å². The van der Waals surface area contributed by atoms with E-state index < -0.39 is 11.6 Å². The van der Waals surface area contributed by atoms with E-state index in [1.54, 1.807) is 4.90 Å². The summed E-state index contributed by atoms with van der Waals surface area (Å²) in [4.78, 5) is 27.4. The topological polar surface area (TPSA) is 70.1 Å². The van der Waals surface area contributed by atoms with Crippen molar-refractivity contribution in [3.05, 3.63) is 0 Å². The van der Waals surface area contributed by atoms with E-state index in [1.165, 1.54) is 0 Å². The van der Waals surface area contributed by atoms with E-state index in [9.17, 15) is 14.7 Å². The first-order valence-electron chi connectivity index (χ1n) is 8.24. The lowest BCUT2D eigenvalue weighted by Crippen LogP contribution is -2.54. The Balaban J connectivity index is 1.88. The molecule has 2 saturated heterocycles. The number of carboxylic acids is 1. The monoisotopic (exact) mass is 312 g/mol. The van der Waals surface area contributed by atoms with Crippen molar-refractivity contribution in [2.75, 3.05) is 19.6 Å². The van der Waals surface area contributed by atoms with Crippen LogP contribution in [0.5, 0.6) is 0 Å². The smallest absolute Gasteiger partial charge is 0.410 e. The predicted molar refractivity (Wildman–Crippen MR) is 82.8 cm³/mol. The van der Waals surface area contributed by atoms with Gasteiger partial charge in [0.25, 0.3) is 0 Å². The largest absolute Gasteiger partial charge is 0.480 e. The average Bonchev–Trinajstić information content (AvgIpc) is 2.45. The number of nitrogens with zero attached hydrogens (tertiary/aromatic N) is 2. The number of hydrogen-bond acceptors (Lipinski definition) is 4. The van der Waals surface area contributed by atoms with Crippen LogP contribution in [0, 0.1) is 0 Å². The molecule has 2 fully saturated rings. The minimum atomic E-state index is -0.714. The third-order valence-corrected chi connectivity index (χ3v) is 4.41. The summed E-state index contributed by atoms with van der Waals surface area (Å²) in [5, 5.41) is 9.38. The van der Waals surface area contributed by atoms with Gasteiger partial charge in [-0.1, -0.05) is 6.42 Å². The van der Waals surface area contributed by atoms with E-state index in [0.29, 0.717) is 13.1 Å². The van der Waals surface area contributed by atoms with E-state index in [2.05, 4.69) is 4.90 Å². The highest BCUT2D eigenvalue weighted by Gasteiger charge is 2.36. The highest BCUT2D eigenvalue weighted by atomic mass is 16.6. The number of carbonyl (C=O) groups is 2. The molecule has 6 nitrogen and oxygen atoms in total.